The average Bonchev–Trinajstić information content (AvgIpc) is 3.21. The van der Waals surface area contributed by atoms with Crippen molar-refractivity contribution >= 4 is 44.7 Å². The number of carbonyl (C=O) groups is 1. The van der Waals surface area contributed by atoms with Crippen LogP contribution in [0.4, 0.5) is 87.8 Å². The van der Waals surface area contributed by atoms with Gasteiger partial charge in [0.1, 0.15) is 52.7 Å². The zero-order chi connectivity index (χ0) is 45.6. The smallest absolute Gasteiger partial charge is 0.211 e. The molecule has 0 fully saturated rings. The highest BCUT2D eigenvalue weighted by Gasteiger charge is 2.52. The lowest BCUT2D eigenvalue weighted by Crippen LogP contribution is -2.81. The summed E-state index contributed by atoms with van der Waals surface area (Å²) in [5.74, 6) is -70.5. The summed E-state index contributed by atoms with van der Waals surface area (Å²) in [6.07, 6.45) is -0.765. The first-order valence-electron chi connectivity index (χ1n) is 16.2. The van der Waals surface area contributed by atoms with Gasteiger partial charge < -0.3 is 0 Å². The number of hydrogen-bond acceptors (Lipinski definition) is 1. The van der Waals surface area contributed by atoms with Crippen LogP contribution in [0.5, 0.6) is 0 Å². The zero-order valence-electron chi connectivity index (χ0n) is 29.9. The lowest BCUT2D eigenvalue weighted by atomic mass is 9.12. The van der Waals surface area contributed by atoms with E-state index in [0.717, 1.165) is 18.4 Å². The molecule has 0 aromatic heterocycles. The van der Waals surface area contributed by atoms with Crippen LogP contribution in [0.2, 0.25) is 0 Å². The molecule has 5 aromatic carbocycles. The van der Waals surface area contributed by atoms with Crippen molar-refractivity contribution in [2.45, 2.75) is 19.8 Å². The lowest BCUT2D eigenvalue weighted by Gasteiger charge is -2.44. The quantitative estimate of drug-likeness (QED) is 0.0363. The Morgan fingerprint density at radius 2 is 0.617 bits per heavy atom. The Kier molecular flexibility index (Phi) is 14.1. The molecule has 322 valence electrons. The Hall–Kier alpha value is -5.22. The largest absolute Gasteiger partial charge is 0.289 e. The maximum atomic E-state index is 15.4. The van der Waals surface area contributed by atoms with Gasteiger partial charge >= 0.3 is 0 Å². The van der Waals surface area contributed by atoms with Crippen LogP contribution in [0.3, 0.4) is 0 Å². The van der Waals surface area contributed by atoms with Crippen molar-refractivity contribution in [1.29, 1.82) is 0 Å². The number of benzene rings is 5. The third-order valence-electron chi connectivity index (χ3n) is 8.94. The van der Waals surface area contributed by atoms with Gasteiger partial charge in [-0.2, -0.15) is 0 Å². The van der Waals surface area contributed by atoms with E-state index in [1.165, 1.54) is 5.56 Å². The van der Waals surface area contributed by atoms with Gasteiger partial charge in [0.25, 0.3) is 0 Å². The highest BCUT2D eigenvalue weighted by atomic mass is 32.2. The van der Waals surface area contributed by atoms with Gasteiger partial charge in [0.05, 0.1) is 12.5 Å². The van der Waals surface area contributed by atoms with E-state index in [0.29, 0.717) is 5.75 Å². The van der Waals surface area contributed by atoms with E-state index >= 15 is 35.1 Å². The second-order valence-electron chi connectivity index (χ2n) is 12.8. The van der Waals surface area contributed by atoms with Gasteiger partial charge in [-0.25, -0.2) is 87.8 Å². The summed E-state index contributed by atoms with van der Waals surface area (Å²) in [6, 6.07) is 8.06. The topological polar surface area (TPSA) is 17.1 Å². The number of hydrogen-bond donors (Lipinski definition) is 0. The molecule has 0 atom stereocenters. The van der Waals surface area contributed by atoms with Crippen molar-refractivity contribution in [3.63, 3.8) is 0 Å². The SMILES string of the molecule is CCCc1ccc(C(=O)C[S+](C)C)cc1.Fc1c(F)c(F)c([B-](c2c(F)c(F)c(F)c(F)c2F)(c2c(F)c(F)c(F)c(F)c2F)c2c(F)c(F)c(F)c(F)c2F)c(F)c1F. The molecule has 0 radical (unpaired) electrons. The van der Waals surface area contributed by atoms with E-state index in [2.05, 4.69) is 31.6 Å². The van der Waals surface area contributed by atoms with Gasteiger partial charge in [-0.3, -0.25) is 4.79 Å². The molecule has 0 saturated carbocycles. The Balaban J connectivity index is 0.000000445. The van der Waals surface area contributed by atoms with E-state index in [1.807, 2.05) is 12.1 Å². The van der Waals surface area contributed by atoms with Gasteiger partial charge in [0.15, 0.2) is 75.6 Å². The van der Waals surface area contributed by atoms with Crippen LogP contribution < -0.4 is 21.9 Å². The monoisotopic (exact) mass is 902 g/mol. The predicted molar refractivity (Wildman–Crippen MR) is 178 cm³/mol. The van der Waals surface area contributed by atoms with Gasteiger partial charge in [-0.1, -0.05) is 37.6 Å². The number of rotatable bonds is 9. The molecule has 0 heterocycles. The molecule has 0 amide bonds. The number of aryl methyl sites for hydroxylation is 1. The highest BCUT2D eigenvalue weighted by Crippen LogP contribution is 2.30. The first kappa shape index (κ1) is 47.5. The fraction of sp³-hybridized carbons (Fsp3) is 0.162. The molecule has 23 heteroatoms. The molecule has 5 rings (SSSR count). The van der Waals surface area contributed by atoms with Crippen LogP contribution in [0.25, 0.3) is 0 Å². The van der Waals surface area contributed by atoms with E-state index in [1.54, 1.807) is 0 Å². The number of halogens is 20. The average molecular weight is 902 g/mol. The van der Waals surface area contributed by atoms with Crippen molar-refractivity contribution in [1.82, 2.24) is 0 Å². The predicted octanol–water partition coefficient (Wildman–Crippen LogP) is 8.55. The zero-order valence-corrected chi connectivity index (χ0v) is 30.7. The molecule has 0 aliphatic carbocycles. The maximum Gasteiger partial charge on any atom is 0.211 e. The van der Waals surface area contributed by atoms with Crippen molar-refractivity contribution in [2.24, 2.45) is 0 Å². The van der Waals surface area contributed by atoms with Crippen LogP contribution in [0.15, 0.2) is 24.3 Å². The molecule has 0 spiro atoms. The number of carbonyl (C=O) groups excluding carboxylic acids is 1. The van der Waals surface area contributed by atoms with Gasteiger partial charge in [0, 0.05) is 5.56 Å². The molecule has 1 nitrogen and oxygen atoms in total. The summed E-state index contributed by atoms with van der Waals surface area (Å²) in [5.41, 5.74) is -12.2. The molecule has 0 saturated heterocycles. The first-order valence-corrected chi connectivity index (χ1v) is 18.4. The molecular weight excluding hydrogens is 883 g/mol. The summed E-state index contributed by atoms with van der Waals surface area (Å²) in [4.78, 5) is 11.7. The van der Waals surface area contributed by atoms with Crippen LogP contribution in [-0.4, -0.2) is 30.2 Å². The Morgan fingerprint density at radius 3 is 0.817 bits per heavy atom. The summed E-state index contributed by atoms with van der Waals surface area (Å²) in [6.45, 7) is 2.17. The fourth-order valence-corrected chi connectivity index (χ4v) is 7.06. The molecule has 0 N–H and O–H groups in total. The summed E-state index contributed by atoms with van der Waals surface area (Å²) in [5, 5.41) is 0. The van der Waals surface area contributed by atoms with Crippen molar-refractivity contribution in [3.8, 4) is 0 Å². The molecule has 5 aromatic rings. The van der Waals surface area contributed by atoms with Crippen LogP contribution >= 0.6 is 0 Å². The normalized spacial score (nSPS) is 11.7. The minimum atomic E-state index is -7.22. The minimum Gasteiger partial charge on any atom is -0.289 e. The Labute approximate surface area is 326 Å². The fourth-order valence-electron chi connectivity index (χ4n) is 6.37. The highest BCUT2D eigenvalue weighted by molar-refractivity contribution is 7.96. The van der Waals surface area contributed by atoms with Gasteiger partial charge in [-0.05, 0) is 22.9 Å². The minimum absolute atomic E-state index is 0.196. The summed E-state index contributed by atoms with van der Waals surface area (Å²) in [7, 11) is 0.196. The van der Waals surface area contributed by atoms with E-state index in [4.69, 9.17) is 0 Å². The number of Topliss-reactive ketones (excluding diaryl/α,β-unsaturated/α-hetero) is 1. The molecule has 0 aliphatic heterocycles. The standard InChI is InChI=1S/C24BF20.C13H19OS/c26-5-1(6(27)14(35)21(42)13(5)34)25(2-7(28)15(36)22(43)16(37)8(2)29,3-9(30)17(38)23(44)18(39)10(3)31)4-11(32)19(40)24(45)20(41)12(4)33;1-4-5-11-6-8-12(9-7-11)13(14)10-15(2)3/h;6-9H,4-5,10H2,1-3H3/q-1;+1. The van der Waals surface area contributed by atoms with Crippen molar-refractivity contribution < 1.29 is 92.6 Å². The van der Waals surface area contributed by atoms with E-state index in [-0.39, 0.29) is 16.7 Å². The van der Waals surface area contributed by atoms with Crippen molar-refractivity contribution in [2.75, 3.05) is 18.3 Å². The second-order valence-corrected chi connectivity index (χ2v) is 15.1. The Morgan fingerprint density at radius 1 is 0.400 bits per heavy atom. The second kappa shape index (κ2) is 17.8. The lowest BCUT2D eigenvalue weighted by molar-refractivity contribution is 0.102. The van der Waals surface area contributed by atoms with E-state index < -0.39 is 144 Å². The summed E-state index contributed by atoms with van der Waals surface area (Å²) >= 11 is 0. The van der Waals surface area contributed by atoms with E-state index in [9.17, 15) is 57.5 Å². The summed E-state index contributed by atoms with van der Waals surface area (Å²) < 4.78 is 294. The molecule has 0 bridgehead atoms. The third kappa shape index (κ3) is 7.68. The first-order chi connectivity index (χ1) is 27.8. The molecular formula is C37H19BF20OS. The van der Waals surface area contributed by atoms with Crippen LogP contribution in [0, 0.1) is 116 Å². The molecule has 0 unspecified atom stereocenters. The van der Waals surface area contributed by atoms with Gasteiger partial charge in [0.2, 0.25) is 5.78 Å². The van der Waals surface area contributed by atoms with Crippen LogP contribution in [0.1, 0.15) is 29.3 Å². The number of ketones is 1. The molecule has 0 aliphatic rings. The van der Waals surface area contributed by atoms with Gasteiger partial charge in [-0.15, -0.1) is 21.9 Å². The maximum absolute atomic E-state index is 15.4. The third-order valence-corrected chi connectivity index (χ3v) is 9.78. The Bertz CT molecular complexity index is 2140. The van der Waals surface area contributed by atoms with Crippen molar-refractivity contribution in [3.05, 3.63) is 152 Å². The molecule has 60 heavy (non-hydrogen) atoms. The van der Waals surface area contributed by atoms with Crippen LogP contribution in [-0.2, 0) is 17.3 Å².